The van der Waals surface area contributed by atoms with Gasteiger partial charge in [0.2, 0.25) is 10.0 Å². The Bertz CT molecular complexity index is 715. The SMILES string of the molecule is NS(=O)(=O)c1cn(CC2CCCCO2)c2ccccc12. The Balaban J connectivity index is 2.02. The molecule has 6 heteroatoms. The van der Waals surface area contributed by atoms with Crippen LogP contribution in [0.25, 0.3) is 10.9 Å². The molecule has 1 aliphatic rings. The third-order valence-corrected chi connectivity index (χ3v) is 4.67. The van der Waals surface area contributed by atoms with Gasteiger partial charge in [0.1, 0.15) is 4.90 Å². The fraction of sp³-hybridized carbons (Fsp3) is 0.429. The summed E-state index contributed by atoms with van der Waals surface area (Å²) in [6.45, 7) is 1.45. The maximum atomic E-state index is 11.7. The molecule has 1 aliphatic heterocycles. The second-order valence-electron chi connectivity index (χ2n) is 5.20. The molecular weight excluding hydrogens is 276 g/mol. The molecule has 0 bridgehead atoms. The highest BCUT2D eigenvalue weighted by Crippen LogP contribution is 2.26. The van der Waals surface area contributed by atoms with Gasteiger partial charge in [0, 0.05) is 30.3 Å². The van der Waals surface area contributed by atoms with E-state index in [1.54, 1.807) is 12.3 Å². The van der Waals surface area contributed by atoms with Crippen molar-refractivity contribution in [1.82, 2.24) is 4.57 Å². The predicted molar refractivity (Wildman–Crippen MR) is 76.9 cm³/mol. The van der Waals surface area contributed by atoms with Crippen molar-refractivity contribution in [3.63, 3.8) is 0 Å². The average molecular weight is 294 g/mol. The summed E-state index contributed by atoms with van der Waals surface area (Å²) in [7, 11) is -3.71. The van der Waals surface area contributed by atoms with Crippen LogP contribution in [0.2, 0.25) is 0 Å². The molecule has 2 N–H and O–H groups in total. The Hall–Kier alpha value is -1.37. The van der Waals surface area contributed by atoms with E-state index in [-0.39, 0.29) is 11.0 Å². The molecule has 1 aromatic heterocycles. The molecule has 1 saturated heterocycles. The van der Waals surface area contributed by atoms with Crippen LogP contribution in [0.1, 0.15) is 19.3 Å². The number of benzene rings is 1. The number of nitrogens with zero attached hydrogens (tertiary/aromatic N) is 1. The Morgan fingerprint density at radius 1 is 1.30 bits per heavy atom. The van der Waals surface area contributed by atoms with E-state index in [0.717, 1.165) is 31.4 Å². The van der Waals surface area contributed by atoms with Gasteiger partial charge in [-0.1, -0.05) is 18.2 Å². The van der Waals surface area contributed by atoms with Gasteiger partial charge < -0.3 is 9.30 Å². The van der Waals surface area contributed by atoms with Crippen LogP contribution in [0, 0.1) is 0 Å². The van der Waals surface area contributed by atoms with Crippen molar-refractivity contribution in [2.24, 2.45) is 5.14 Å². The second-order valence-corrected chi connectivity index (χ2v) is 6.73. The standard InChI is InChI=1S/C14H18N2O3S/c15-20(17,18)14-10-16(9-11-5-3-4-8-19-11)13-7-2-1-6-12(13)14/h1-2,6-7,10-11H,3-5,8-9H2,(H2,15,17,18). The number of rotatable bonds is 3. The molecule has 0 saturated carbocycles. The number of hydrogen-bond acceptors (Lipinski definition) is 3. The second kappa shape index (κ2) is 5.20. The molecular formula is C14H18N2O3S. The van der Waals surface area contributed by atoms with E-state index in [0.29, 0.717) is 11.9 Å². The minimum Gasteiger partial charge on any atom is -0.376 e. The van der Waals surface area contributed by atoms with Gasteiger partial charge >= 0.3 is 0 Å². The summed E-state index contributed by atoms with van der Waals surface area (Å²) >= 11 is 0. The van der Waals surface area contributed by atoms with E-state index in [4.69, 9.17) is 9.88 Å². The number of ether oxygens (including phenoxy) is 1. The maximum absolute atomic E-state index is 11.7. The molecule has 20 heavy (non-hydrogen) atoms. The number of hydrogen-bond donors (Lipinski definition) is 1. The van der Waals surface area contributed by atoms with E-state index >= 15 is 0 Å². The van der Waals surface area contributed by atoms with E-state index in [1.165, 1.54) is 0 Å². The van der Waals surface area contributed by atoms with Gasteiger partial charge in [-0.15, -0.1) is 0 Å². The van der Waals surface area contributed by atoms with Gasteiger partial charge in [-0.3, -0.25) is 0 Å². The molecule has 0 radical (unpaired) electrons. The monoisotopic (exact) mass is 294 g/mol. The predicted octanol–water partition coefficient (Wildman–Crippen LogP) is 1.86. The number of primary sulfonamides is 1. The molecule has 2 aromatic rings. The first-order valence-electron chi connectivity index (χ1n) is 6.78. The van der Waals surface area contributed by atoms with Crippen molar-refractivity contribution in [2.75, 3.05) is 6.61 Å². The minimum absolute atomic E-state index is 0.146. The first kappa shape index (κ1) is 13.6. The zero-order valence-electron chi connectivity index (χ0n) is 11.2. The fourth-order valence-electron chi connectivity index (χ4n) is 2.76. The van der Waals surface area contributed by atoms with Gasteiger partial charge in [-0.05, 0) is 25.3 Å². The number of nitrogens with two attached hydrogens (primary N) is 1. The van der Waals surface area contributed by atoms with Gasteiger partial charge in [-0.2, -0.15) is 0 Å². The fourth-order valence-corrected chi connectivity index (χ4v) is 3.51. The summed E-state index contributed by atoms with van der Waals surface area (Å²) in [5, 5.41) is 5.97. The van der Waals surface area contributed by atoms with Crippen molar-refractivity contribution in [2.45, 2.75) is 36.8 Å². The molecule has 0 amide bonds. The van der Waals surface area contributed by atoms with Crippen LogP contribution in [0.3, 0.4) is 0 Å². The van der Waals surface area contributed by atoms with Crippen LogP contribution in [-0.4, -0.2) is 25.7 Å². The molecule has 1 unspecified atom stereocenters. The van der Waals surface area contributed by atoms with Gasteiger partial charge in [0.15, 0.2) is 0 Å². The quantitative estimate of drug-likeness (QED) is 0.939. The van der Waals surface area contributed by atoms with Crippen LogP contribution in [0.4, 0.5) is 0 Å². The summed E-state index contributed by atoms with van der Waals surface area (Å²) in [4.78, 5) is 0.184. The summed E-state index contributed by atoms with van der Waals surface area (Å²) < 4.78 is 31.0. The third kappa shape index (κ3) is 2.59. The van der Waals surface area contributed by atoms with Crippen LogP contribution in [0.15, 0.2) is 35.4 Å². The molecule has 0 spiro atoms. The van der Waals surface area contributed by atoms with Crippen molar-refractivity contribution in [1.29, 1.82) is 0 Å². The first-order chi connectivity index (χ1) is 9.55. The number of sulfonamides is 1. The first-order valence-corrected chi connectivity index (χ1v) is 8.32. The lowest BCUT2D eigenvalue weighted by Gasteiger charge is -2.23. The minimum atomic E-state index is -3.71. The Kier molecular flexibility index (Phi) is 3.54. The lowest BCUT2D eigenvalue weighted by molar-refractivity contribution is 0.00664. The van der Waals surface area contributed by atoms with E-state index in [2.05, 4.69) is 0 Å². The zero-order valence-corrected chi connectivity index (χ0v) is 12.0. The van der Waals surface area contributed by atoms with Gasteiger partial charge in [0.05, 0.1) is 6.10 Å². The molecule has 2 heterocycles. The van der Waals surface area contributed by atoms with Crippen molar-refractivity contribution >= 4 is 20.9 Å². The molecule has 0 aliphatic carbocycles. The highest BCUT2D eigenvalue weighted by molar-refractivity contribution is 7.89. The molecule has 1 atom stereocenters. The van der Waals surface area contributed by atoms with E-state index in [9.17, 15) is 8.42 Å². The van der Waals surface area contributed by atoms with E-state index in [1.807, 2.05) is 22.8 Å². The highest BCUT2D eigenvalue weighted by Gasteiger charge is 2.20. The summed E-state index contributed by atoms with van der Waals surface area (Å²) in [5.41, 5.74) is 0.880. The Morgan fingerprint density at radius 3 is 2.80 bits per heavy atom. The lowest BCUT2D eigenvalue weighted by Crippen LogP contribution is -2.24. The zero-order chi connectivity index (χ0) is 14.2. The third-order valence-electron chi connectivity index (χ3n) is 3.73. The normalized spacial score (nSPS) is 20.4. The summed E-state index contributed by atoms with van der Waals surface area (Å²) in [5.74, 6) is 0. The molecule has 1 aromatic carbocycles. The maximum Gasteiger partial charge on any atom is 0.240 e. The summed E-state index contributed by atoms with van der Waals surface area (Å²) in [6.07, 6.45) is 5.04. The summed E-state index contributed by atoms with van der Waals surface area (Å²) in [6, 6.07) is 7.41. The van der Waals surface area contributed by atoms with Crippen LogP contribution < -0.4 is 5.14 Å². The molecule has 3 rings (SSSR count). The Morgan fingerprint density at radius 2 is 2.10 bits per heavy atom. The van der Waals surface area contributed by atoms with Crippen molar-refractivity contribution < 1.29 is 13.2 Å². The van der Waals surface area contributed by atoms with E-state index < -0.39 is 10.0 Å². The van der Waals surface area contributed by atoms with Crippen LogP contribution >= 0.6 is 0 Å². The smallest absolute Gasteiger partial charge is 0.240 e. The number of para-hydroxylation sites is 1. The highest BCUT2D eigenvalue weighted by atomic mass is 32.2. The van der Waals surface area contributed by atoms with Crippen molar-refractivity contribution in [3.8, 4) is 0 Å². The van der Waals surface area contributed by atoms with Gasteiger partial charge in [-0.25, -0.2) is 13.6 Å². The average Bonchev–Trinajstić information content (AvgIpc) is 2.79. The topological polar surface area (TPSA) is 74.3 Å². The largest absolute Gasteiger partial charge is 0.376 e. The Labute approximate surface area is 118 Å². The number of fused-ring (bicyclic) bond motifs is 1. The lowest BCUT2D eigenvalue weighted by atomic mass is 10.1. The van der Waals surface area contributed by atoms with Crippen molar-refractivity contribution in [3.05, 3.63) is 30.5 Å². The van der Waals surface area contributed by atoms with Crippen LogP contribution in [-0.2, 0) is 21.3 Å². The molecule has 5 nitrogen and oxygen atoms in total. The van der Waals surface area contributed by atoms with Crippen LogP contribution in [0.5, 0.6) is 0 Å². The molecule has 1 fully saturated rings. The molecule has 108 valence electrons. The van der Waals surface area contributed by atoms with Gasteiger partial charge in [0.25, 0.3) is 0 Å². The number of aromatic nitrogens is 1.